The number of nitriles is 1. The van der Waals surface area contributed by atoms with Crippen molar-refractivity contribution in [2.24, 2.45) is 0 Å². The third kappa shape index (κ3) is 3.10. The number of hydrogen-bond donors (Lipinski definition) is 1. The predicted octanol–water partition coefficient (Wildman–Crippen LogP) is 0.00770. The number of benzene rings is 1. The van der Waals surface area contributed by atoms with Crippen molar-refractivity contribution in [3.63, 3.8) is 0 Å². The van der Waals surface area contributed by atoms with Gasteiger partial charge in [0.1, 0.15) is 6.04 Å². The van der Waals surface area contributed by atoms with Gasteiger partial charge in [-0.15, -0.1) is 0 Å². The van der Waals surface area contributed by atoms with Crippen molar-refractivity contribution < 1.29 is 13.2 Å². The Hall–Kier alpha value is -1.91. The molecule has 0 aliphatic carbocycles. The van der Waals surface area contributed by atoms with Crippen LogP contribution >= 0.6 is 0 Å². The minimum atomic E-state index is -3.68. The molecule has 19 heavy (non-hydrogen) atoms. The van der Waals surface area contributed by atoms with Crippen LogP contribution in [0.25, 0.3) is 0 Å². The number of nitrogens with one attached hydrogen (secondary N) is 1. The summed E-state index contributed by atoms with van der Waals surface area (Å²) in [7, 11) is -3.68. The van der Waals surface area contributed by atoms with Crippen molar-refractivity contribution in [2.75, 3.05) is 13.1 Å². The lowest BCUT2D eigenvalue weighted by Crippen LogP contribution is -2.33. The lowest BCUT2D eigenvalue weighted by molar-refractivity contribution is -0.124. The number of nitrogens with zero attached hydrogens (tertiary/aromatic N) is 2. The molecule has 1 N–H and O–H groups in total. The van der Waals surface area contributed by atoms with Gasteiger partial charge in [-0.3, -0.25) is 4.79 Å². The normalized spacial score (nSPS) is 17.9. The number of sulfonamides is 1. The van der Waals surface area contributed by atoms with Gasteiger partial charge in [0.05, 0.1) is 24.1 Å². The molecule has 6 nitrogen and oxygen atoms in total. The van der Waals surface area contributed by atoms with Gasteiger partial charge in [0.2, 0.25) is 15.9 Å². The monoisotopic (exact) mass is 279 g/mol. The Balaban J connectivity index is 1.97. The molecule has 100 valence electrons. The van der Waals surface area contributed by atoms with E-state index in [-0.39, 0.29) is 17.3 Å². The molecule has 0 saturated carbocycles. The number of rotatable bonds is 4. The highest BCUT2D eigenvalue weighted by Gasteiger charge is 2.38. The van der Waals surface area contributed by atoms with Crippen molar-refractivity contribution in [3.8, 4) is 6.07 Å². The van der Waals surface area contributed by atoms with Crippen molar-refractivity contribution in [1.82, 2.24) is 9.62 Å². The average Bonchev–Trinajstić information content (AvgIpc) is 3.16. The first-order valence-corrected chi connectivity index (χ1v) is 7.18. The molecule has 1 atom stereocenters. The van der Waals surface area contributed by atoms with E-state index in [1.165, 1.54) is 17.0 Å². The highest BCUT2D eigenvalue weighted by molar-refractivity contribution is 7.89. The van der Waals surface area contributed by atoms with E-state index in [1.807, 2.05) is 13.0 Å². The molecular weight excluding hydrogens is 266 g/mol. The molecule has 1 aliphatic rings. The Morgan fingerprint density at radius 3 is 2.63 bits per heavy atom. The minimum Gasteiger partial charge on any atom is -0.321 e. The van der Waals surface area contributed by atoms with Crippen LogP contribution in [0.3, 0.4) is 0 Å². The summed E-state index contributed by atoms with van der Waals surface area (Å²) < 4.78 is 26.0. The summed E-state index contributed by atoms with van der Waals surface area (Å²) in [6, 6.07) is 7.87. The van der Waals surface area contributed by atoms with Gasteiger partial charge >= 0.3 is 0 Å². The predicted molar refractivity (Wildman–Crippen MR) is 67.5 cm³/mol. The molecule has 1 aliphatic heterocycles. The number of carbonyl (C=O) groups is 1. The SMILES string of the molecule is Cc1ccc(S(=O)(=O)NCC(=O)N2CC2C#N)cc1. The van der Waals surface area contributed by atoms with Crippen molar-refractivity contribution in [3.05, 3.63) is 29.8 Å². The van der Waals surface area contributed by atoms with Crippen LogP contribution in [0.2, 0.25) is 0 Å². The van der Waals surface area contributed by atoms with Gasteiger partial charge in [0.15, 0.2) is 0 Å². The second-order valence-corrected chi connectivity index (χ2v) is 6.10. The molecule has 1 aromatic rings. The van der Waals surface area contributed by atoms with Crippen molar-refractivity contribution in [2.45, 2.75) is 17.9 Å². The zero-order chi connectivity index (χ0) is 14.0. The summed E-state index contributed by atoms with van der Waals surface area (Å²) in [5.74, 6) is -0.387. The summed E-state index contributed by atoms with van der Waals surface area (Å²) in [6.07, 6.45) is 0. The Labute approximate surface area is 111 Å². The lowest BCUT2D eigenvalue weighted by atomic mass is 10.2. The Morgan fingerprint density at radius 2 is 2.11 bits per heavy atom. The van der Waals surface area contributed by atoms with Crippen LogP contribution in [0.15, 0.2) is 29.2 Å². The first-order valence-electron chi connectivity index (χ1n) is 5.69. The highest BCUT2D eigenvalue weighted by atomic mass is 32.2. The zero-order valence-corrected chi connectivity index (χ0v) is 11.1. The molecule has 1 unspecified atom stereocenters. The largest absolute Gasteiger partial charge is 0.321 e. The smallest absolute Gasteiger partial charge is 0.241 e. The number of carbonyl (C=O) groups excluding carboxylic acids is 1. The quantitative estimate of drug-likeness (QED) is 0.786. The zero-order valence-electron chi connectivity index (χ0n) is 10.3. The van der Waals surface area contributed by atoms with Gasteiger partial charge in [-0.25, -0.2) is 13.1 Å². The van der Waals surface area contributed by atoms with Crippen LogP contribution in [0.4, 0.5) is 0 Å². The topological polar surface area (TPSA) is 90.0 Å². The number of amides is 1. The van der Waals surface area contributed by atoms with Gasteiger partial charge in [-0.2, -0.15) is 5.26 Å². The second-order valence-electron chi connectivity index (χ2n) is 4.33. The fourth-order valence-corrected chi connectivity index (χ4v) is 2.56. The molecule has 7 heteroatoms. The average molecular weight is 279 g/mol. The maximum absolute atomic E-state index is 11.9. The van der Waals surface area contributed by atoms with E-state index >= 15 is 0 Å². The molecule has 1 heterocycles. The maximum atomic E-state index is 11.9. The van der Waals surface area contributed by atoms with E-state index in [4.69, 9.17) is 5.26 Å². The second kappa shape index (κ2) is 4.99. The Kier molecular flexibility index (Phi) is 3.55. The molecule has 1 saturated heterocycles. The van der Waals surface area contributed by atoms with Gasteiger partial charge in [0, 0.05) is 0 Å². The minimum absolute atomic E-state index is 0.119. The Bertz CT molecular complexity index is 631. The Morgan fingerprint density at radius 1 is 1.47 bits per heavy atom. The van der Waals surface area contributed by atoms with E-state index in [0.717, 1.165) is 5.56 Å². The lowest BCUT2D eigenvalue weighted by Gasteiger charge is -2.07. The van der Waals surface area contributed by atoms with Crippen LogP contribution in [-0.4, -0.2) is 38.4 Å². The molecule has 0 radical (unpaired) electrons. The van der Waals surface area contributed by atoms with E-state index < -0.39 is 16.1 Å². The first-order chi connectivity index (χ1) is 8.94. The van der Waals surface area contributed by atoms with E-state index in [9.17, 15) is 13.2 Å². The summed E-state index contributed by atoms with van der Waals surface area (Å²) in [5, 5.41) is 8.57. The molecule has 0 aromatic heterocycles. The summed E-state index contributed by atoms with van der Waals surface area (Å²) >= 11 is 0. The summed E-state index contributed by atoms with van der Waals surface area (Å²) in [6.45, 7) is 1.91. The standard InChI is InChI=1S/C12H13N3O3S/c1-9-2-4-11(5-3-9)19(17,18)14-7-12(16)15-8-10(15)6-13/h2-5,10,14H,7-8H2,1H3. The van der Waals surface area contributed by atoms with E-state index in [0.29, 0.717) is 6.54 Å². The summed E-state index contributed by atoms with van der Waals surface area (Å²) in [5.41, 5.74) is 0.955. The van der Waals surface area contributed by atoms with Gasteiger partial charge < -0.3 is 4.90 Å². The fourth-order valence-electron chi connectivity index (χ4n) is 1.58. The molecule has 1 aromatic carbocycles. The van der Waals surface area contributed by atoms with Crippen molar-refractivity contribution >= 4 is 15.9 Å². The van der Waals surface area contributed by atoms with Gasteiger partial charge in [-0.05, 0) is 19.1 Å². The van der Waals surface area contributed by atoms with Gasteiger partial charge in [0.25, 0.3) is 0 Å². The van der Waals surface area contributed by atoms with Crippen LogP contribution < -0.4 is 4.72 Å². The summed E-state index contributed by atoms with van der Waals surface area (Å²) in [4.78, 5) is 13.0. The van der Waals surface area contributed by atoms with Gasteiger partial charge in [-0.1, -0.05) is 17.7 Å². The molecule has 2 rings (SSSR count). The van der Waals surface area contributed by atoms with Crippen LogP contribution in [0.5, 0.6) is 0 Å². The van der Waals surface area contributed by atoms with Crippen LogP contribution in [-0.2, 0) is 14.8 Å². The van der Waals surface area contributed by atoms with Crippen molar-refractivity contribution in [1.29, 1.82) is 5.26 Å². The molecule has 1 fully saturated rings. The molecular formula is C12H13N3O3S. The highest BCUT2D eigenvalue weighted by Crippen LogP contribution is 2.16. The fraction of sp³-hybridized carbons (Fsp3) is 0.333. The maximum Gasteiger partial charge on any atom is 0.241 e. The van der Waals surface area contributed by atoms with Crippen LogP contribution in [0.1, 0.15) is 5.56 Å². The molecule has 1 amide bonds. The number of hydrogen-bond acceptors (Lipinski definition) is 4. The first kappa shape index (κ1) is 13.5. The number of aryl methyl sites for hydroxylation is 1. The third-order valence-electron chi connectivity index (χ3n) is 2.83. The van der Waals surface area contributed by atoms with E-state index in [2.05, 4.69) is 4.72 Å². The third-order valence-corrected chi connectivity index (χ3v) is 4.24. The van der Waals surface area contributed by atoms with Crippen LogP contribution in [0, 0.1) is 18.3 Å². The molecule has 0 bridgehead atoms. The molecule has 0 spiro atoms. The van der Waals surface area contributed by atoms with E-state index in [1.54, 1.807) is 12.1 Å².